The van der Waals surface area contributed by atoms with Crippen LogP contribution in [0.4, 0.5) is 19.0 Å². The molecule has 1 N–H and O–H groups in total. The molecule has 1 aromatic heterocycles. The van der Waals surface area contributed by atoms with Gasteiger partial charge >= 0.3 is 6.18 Å². The van der Waals surface area contributed by atoms with Gasteiger partial charge in [0.15, 0.2) is 5.82 Å². The van der Waals surface area contributed by atoms with Crippen LogP contribution in [0.15, 0.2) is 48.9 Å². The summed E-state index contributed by atoms with van der Waals surface area (Å²) in [6.45, 7) is 0.227. The second-order valence-corrected chi connectivity index (χ2v) is 6.01. The van der Waals surface area contributed by atoms with Gasteiger partial charge in [-0.05, 0) is 5.56 Å². The van der Waals surface area contributed by atoms with E-state index in [4.69, 9.17) is 0 Å². The van der Waals surface area contributed by atoms with Gasteiger partial charge in [0.25, 0.3) is 0 Å². The number of carbonyl (C=O) groups is 1. The Morgan fingerprint density at radius 3 is 2.60 bits per heavy atom. The van der Waals surface area contributed by atoms with Gasteiger partial charge in [0.2, 0.25) is 5.91 Å². The minimum atomic E-state index is -4.43. The first kappa shape index (κ1) is 17.3. The molecule has 132 valence electrons. The van der Waals surface area contributed by atoms with Crippen LogP contribution in [0.2, 0.25) is 0 Å². The fourth-order valence-electron chi connectivity index (χ4n) is 3.04. The van der Waals surface area contributed by atoms with Gasteiger partial charge in [-0.3, -0.25) is 14.7 Å². The molecule has 2 aromatic rings. The maximum Gasteiger partial charge on any atom is 0.393 e. The van der Waals surface area contributed by atoms with Crippen molar-refractivity contribution in [3.05, 3.63) is 54.5 Å². The fraction of sp³-hybridized carbons (Fsp3) is 0.353. The van der Waals surface area contributed by atoms with E-state index >= 15 is 0 Å². The van der Waals surface area contributed by atoms with Crippen LogP contribution in [0.3, 0.4) is 0 Å². The van der Waals surface area contributed by atoms with Crippen molar-refractivity contribution in [2.45, 2.75) is 12.7 Å². The second-order valence-electron chi connectivity index (χ2n) is 6.01. The van der Waals surface area contributed by atoms with Crippen LogP contribution in [0, 0.1) is 11.8 Å². The van der Waals surface area contributed by atoms with Crippen LogP contribution in [-0.2, 0) is 11.3 Å². The largest absolute Gasteiger partial charge is 0.393 e. The van der Waals surface area contributed by atoms with Gasteiger partial charge in [-0.15, -0.1) is 0 Å². The summed E-state index contributed by atoms with van der Waals surface area (Å²) in [5.41, 5.74) is 0.915. The summed E-state index contributed by atoms with van der Waals surface area (Å²) in [6, 6.07) is 9.24. The van der Waals surface area contributed by atoms with Crippen molar-refractivity contribution in [2.75, 3.05) is 18.4 Å². The third kappa shape index (κ3) is 4.33. The first-order valence-electron chi connectivity index (χ1n) is 7.83. The molecule has 8 heteroatoms. The Bertz CT molecular complexity index is 709. The number of carbonyl (C=O) groups excluding carboxylic acids is 1. The first-order valence-corrected chi connectivity index (χ1v) is 7.83. The Hall–Kier alpha value is -2.48. The first-order chi connectivity index (χ1) is 11.9. The lowest BCUT2D eigenvalue weighted by molar-refractivity contribution is -0.182. The summed E-state index contributed by atoms with van der Waals surface area (Å²) < 4.78 is 40.2. The number of nitrogens with zero attached hydrogens (tertiary/aromatic N) is 3. The molecule has 0 bridgehead atoms. The van der Waals surface area contributed by atoms with Crippen molar-refractivity contribution in [2.24, 2.45) is 11.8 Å². The summed E-state index contributed by atoms with van der Waals surface area (Å²) in [5.74, 6) is -3.41. The van der Waals surface area contributed by atoms with E-state index in [-0.39, 0.29) is 18.9 Å². The van der Waals surface area contributed by atoms with Crippen LogP contribution in [0.5, 0.6) is 0 Å². The minimum Gasteiger partial charge on any atom is -0.309 e. The lowest BCUT2D eigenvalue weighted by Gasteiger charge is -2.20. The molecular formula is C17H17F3N4O. The highest BCUT2D eigenvalue weighted by atomic mass is 19.4. The van der Waals surface area contributed by atoms with Crippen LogP contribution >= 0.6 is 0 Å². The number of halogens is 3. The maximum absolute atomic E-state index is 13.4. The summed E-state index contributed by atoms with van der Waals surface area (Å²) >= 11 is 0. The lowest BCUT2D eigenvalue weighted by Crippen LogP contribution is -2.36. The van der Waals surface area contributed by atoms with Gasteiger partial charge in [-0.2, -0.15) is 13.2 Å². The van der Waals surface area contributed by atoms with E-state index < -0.39 is 23.9 Å². The zero-order valence-electron chi connectivity index (χ0n) is 13.3. The van der Waals surface area contributed by atoms with Crippen molar-refractivity contribution in [3.8, 4) is 0 Å². The third-order valence-electron chi connectivity index (χ3n) is 4.22. The van der Waals surface area contributed by atoms with E-state index in [0.717, 1.165) is 5.56 Å². The van der Waals surface area contributed by atoms with E-state index in [0.29, 0.717) is 6.54 Å². The molecule has 3 rings (SSSR count). The highest BCUT2D eigenvalue weighted by Gasteiger charge is 2.52. The van der Waals surface area contributed by atoms with Crippen LogP contribution < -0.4 is 5.32 Å². The number of benzene rings is 1. The zero-order chi connectivity index (χ0) is 17.9. The Labute approximate surface area is 142 Å². The number of amides is 1. The molecule has 2 heterocycles. The Balaban J connectivity index is 1.72. The zero-order valence-corrected chi connectivity index (χ0v) is 13.3. The van der Waals surface area contributed by atoms with Gasteiger partial charge in [0, 0.05) is 32.0 Å². The van der Waals surface area contributed by atoms with Crippen molar-refractivity contribution < 1.29 is 18.0 Å². The molecule has 1 saturated heterocycles. The van der Waals surface area contributed by atoms with Gasteiger partial charge in [0.05, 0.1) is 18.0 Å². The topological polar surface area (TPSA) is 58.1 Å². The molecule has 25 heavy (non-hydrogen) atoms. The quantitative estimate of drug-likeness (QED) is 0.921. The van der Waals surface area contributed by atoms with E-state index in [1.807, 2.05) is 30.3 Å². The van der Waals surface area contributed by atoms with E-state index in [1.165, 1.54) is 18.6 Å². The number of aromatic nitrogens is 2. The highest BCUT2D eigenvalue weighted by Crippen LogP contribution is 2.38. The molecule has 0 spiro atoms. The average Bonchev–Trinajstić information content (AvgIpc) is 3.01. The van der Waals surface area contributed by atoms with Gasteiger partial charge < -0.3 is 5.32 Å². The number of nitrogens with one attached hydrogen (secondary N) is 1. The summed E-state index contributed by atoms with van der Waals surface area (Å²) in [7, 11) is 0. The average molecular weight is 350 g/mol. The molecule has 0 radical (unpaired) electrons. The van der Waals surface area contributed by atoms with Gasteiger partial charge in [-0.25, -0.2) is 4.98 Å². The van der Waals surface area contributed by atoms with Crippen LogP contribution in [0.1, 0.15) is 5.56 Å². The summed E-state index contributed by atoms with van der Waals surface area (Å²) in [4.78, 5) is 21.7. The van der Waals surface area contributed by atoms with Gasteiger partial charge in [0.1, 0.15) is 0 Å². The maximum atomic E-state index is 13.4. The molecule has 1 aromatic carbocycles. The van der Waals surface area contributed by atoms with E-state index in [1.54, 1.807) is 4.90 Å². The lowest BCUT2D eigenvalue weighted by atomic mass is 9.94. The third-order valence-corrected chi connectivity index (χ3v) is 4.22. The van der Waals surface area contributed by atoms with E-state index in [2.05, 4.69) is 15.3 Å². The minimum absolute atomic E-state index is 0.0468. The van der Waals surface area contributed by atoms with Crippen LogP contribution in [0.25, 0.3) is 0 Å². The Morgan fingerprint density at radius 1 is 1.20 bits per heavy atom. The SMILES string of the molecule is O=C(Nc1cnccn1)[C@@H]1CN(Cc2ccccc2)C[C@H]1C(F)(F)F. The number of rotatable bonds is 4. The fourth-order valence-corrected chi connectivity index (χ4v) is 3.04. The molecule has 5 nitrogen and oxygen atoms in total. The normalized spacial score (nSPS) is 21.2. The predicted octanol–water partition coefficient (Wildman–Crippen LogP) is 2.73. The Morgan fingerprint density at radius 2 is 1.96 bits per heavy atom. The number of alkyl halides is 3. The molecule has 1 amide bonds. The summed E-state index contributed by atoms with van der Waals surface area (Å²) in [6.07, 6.45) is -0.342. The molecule has 0 saturated carbocycles. The summed E-state index contributed by atoms with van der Waals surface area (Å²) in [5, 5.41) is 2.43. The number of anilines is 1. The van der Waals surface area contributed by atoms with Crippen molar-refractivity contribution in [1.29, 1.82) is 0 Å². The van der Waals surface area contributed by atoms with Crippen molar-refractivity contribution in [1.82, 2.24) is 14.9 Å². The van der Waals surface area contributed by atoms with Crippen LogP contribution in [-0.4, -0.2) is 40.0 Å². The van der Waals surface area contributed by atoms with Crippen molar-refractivity contribution >= 4 is 11.7 Å². The number of hydrogen-bond donors (Lipinski definition) is 1. The molecule has 0 aliphatic carbocycles. The monoisotopic (exact) mass is 350 g/mol. The molecular weight excluding hydrogens is 333 g/mol. The second kappa shape index (κ2) is 7.18. The van der Waals surface area contributed by atoms with Gasteiger partial charge in [-0.1, -0.05) is 30.3 Å². The molecule has 1 aliphatic heterocycles. The predicted molar refractivity (Wildman–Crippen MR) is 85.4 cm³/mol. The smallest absolute Gasteiger partial charge is 0.309 e. The standard InChI is InChI=1S/C17H17F3N4O/c18-17(19,20)14-11-24(9-12-4-2-1-3-5-12)10-13(14)16(25)23-15-8-21-6-7-22-15/h1-8,13-14H,9-11H2,(H,22,23,25)/t13-,14-/m1/s1. The molecule has 0 unspecified atom stereocenters. The van der Waals surface area contributed by atoms with Crippen molar-refractivity contribution in [3.63, 3.8) is 0 Å². The molecule has 1 fully saturated rings. The van der Waals surface area contributed by atoms with E-state index in [9.17, 15) is 18.0 Å². The highest BCUT2D eigenvalue weighted by molar-refractivity contribution is 5.92. The Kier molecular flexibility index (Phi) is 4.98. The number of hydrogen-bond acceptors (Lipinski definition) is 4. The molecule has 2 atom stereocenters. The number of likely N-dealkylation sites (tertiary alicyclic amines) is 1. The molecule has 1 aliphatic rings.